The van der Waals surface area contributed by atoms with Crippen LogP contribution in [0.1, 0.15) is 11.3 Å². The number of halogens is 1. The summed E-state index contributed by atoms with van der Waals surface area (Å²) in [6, 6.07) is 13.8. The van der Waals surface area contributed by atoms with Crippen LogP contribution in [-0.2, 0) is 0 Å². The van der Waals surface area contributed by atoms with Crippen LogP contribution in [0.15, 0.2) is 48.5 Å². The minimum absolute atomic E-state index is 0.279. The highest BCUT2D eigenvalue weighted by Crippen LogP contribution is 2.28. The second-order valence-electron chi connectivity index (χ2n) is 5.68. The van der Waals surface area contributed by atoms with Crippen LogP contribution in [0.5, 0.6) is 5.75 Å². The van der Waals surface area contributed by atoms with Gasteiger partial charge in [0.2, 0.25) is 5.95 Å². The van der Waals surface area contributed by atoms with Gasteiger partial charge < -0.3 is 15.4 Å². The van der Waals surface area contributed by atoms with E-state index in [1.54, 1.807) is 19.2 Å². The first-order valence-corrected chi connectivity index (χ1v) is 7.83. The van der Waals surface area contributed by atoms with Crippen molar-refractivity contribution in [1.82, 2.24) is 9.97 Å². The van der Waals surface area contributed by atoms with E-state index < -0.39 is 0 Å². The van der Waals surface area contributed by atoms with Crippen LogP contribution in [0.3, 0.4) is 0 Å². The maximum absolute atomic E-state index is 13.0. The first-order chi connectivity index (χ1) is 12.0. The number of aromatic nitrogens is 2. The smallest absolute Gasteiger partial charge is 0.229 e. The van der Waals surface area contributed by atoms with Crippen molar-refractivity contribution in [1.29, 1.82) is 0 Å². The van der Waals surface area contributed by atoms with Gasteiger partial charge >= 0.3 is 0 Å². The number of rotatable bonds is 5. The second-order valence-corrected chi connectivity index (χ2v) is 5.68. The van der Waals surface area contributed by atoms with E-state index in [0.29, 0.717) is 17.5 Å². The van der Waals surface area contributed by atoms with Crippen molar-refractivity contribution in [2.75, 3.05) is 17.7 Å². The number of aryl methyl sites for hydroxylation is 2. The van der Waals surface area contributed by atoms with Crippen LogP contribution in [0.2, 0.25) is 0 Å². The molecule has 6 heteroatoms. The van der Waals surface area contributed by atoms with E-state index in [1.165, 1.54) is 12.1 Å². The summed E-state index contributed by atoms with van der Waals surface area (Å²) >= 11 is 0. The molecule has 2 aromatic carbocycles. The number of ether oxygens (including phenoxy) is 1. The average molecular weight is 338 g/mol. The SMILES string of the molecule is COc1ccc(C)cc1Nc1nc(C)cc(Nc2ccc(F)cc2)n1. The summed E-state index contributed by atoms with van der Waals surface area (Å²) in [5, 5.41) is 6.34. The van der Waals surface area contributed by atoms with Crippen molar-refractivity contribution in [2.45, 2.75) is 13.8 Å². The molecule has 0 saturated heterocycles. The Kier molecular flexibility index (Phi) is 4.79. The highest BCUT2D eigenvalue weighted by Gasteiger charge is 2.08. The molecule has 0 saturated carbocycles. The van der Waals surface area contributed by atoms with E-state index in [9.17, 15) is 4.39 Å². The largest absolute Gasteiger partial charge is 0.495 e. The molecule has 3 rings (SSSR count). The molecule has 0 radical (unpaired) electrons. The molecule has 0 aliphatic heterocycles. The van der Waals surface area contributed by atoms with Gasteiger partial charge in [-0.2, -0.15) is 4.98 Å². The summed E-state index contributed by atoms with van der Waals surface area (Å²) < 4.78 is 18.4. The van der Waals surface area contributed by atoms with E-state index in [4.69, 9.17) is 4.74 Å². The van der Waals surface area contributed by atoms with Crippen molar-refractivity contribution in [3.63, 3.8) is 0 Å². The first-order valence-electron chi connectivity index (χ1n) is 7.83. The Bertz CT molecular complexity index is 881. The third-order valence-electron chi connectivity index (χ3n) is 3.57. The average Bonchev–Trinajstić information content (AvgIpc) is 2.57. The van der Waals surface area contributed by atoms with Gasteiger partial charge in [0.05, 0.1) is 12.8 Å². The highest BCUT2D eigenvalue weighted by molar-refractivity contribution is 5.65. The molecule has 0 unspecified atom stereocenters. The fraction of sp³-hybridized carbons (Fsp3) is 0.158. The summed E-state index contributed by atoms with van der Waals surface area (Å²) in [6.07, 6.45) is 0. The zero-order valence-corrected chi connectivity index (χ0v) is 14.3. The molecule has 0 bridgehead atoms. The molecule has 1 heterocycles. The Hall–Kier alpha value is -3.15. The molecule has 0 aliphatic rings. The van der Waals surface area contributed by atoms with Gasteiger partial charge in [0, 0.05) is 17.4 Å². The molecule has 128 valence electrons. The van der Waals surface area contributed by atoms with Crippen LogP contribution in [0.4, 0.5) is 27.5 Å². The Morgan fingerprint density at radius 3 is 2.40 bits per heavy atom. The number of hydrogen-bond acceptors (Lipinski definition) is 5. The maximum atomic E-state index is 13.0. The molecule has 0 amide bonds. The predicted molar refractivity (Wildman–Crippen MR) is 97.5 cm³/mol. The summed E-state index contributed by atoms with van der Waals surface area (Å²) in [7, 11) is 1.62. The number of methoxy groups -OCH3 is 1. The monoisotopic (exact) mass is 338 g/mol. The van der Waals surface area contributed by atoms with Crippen molar-refractivity contribution in [2.24, 2.45) is 0 Å². The quantitative estimate of drug-likeness (QED) is 0.704. The minimum Gasteiger partial charge on any atom is -0.495 e. The standard InChI is InChI=1S/C19H19FN4O/c1-12-4-9-17(25-3)16(10-12)23-19-21-13(2)11-18(24-19)22-15-7-5-14(20)6-8-15/h4-11H,1-3H3,(H2,21,22,23,24). The van der Waals surface area contributed by atoms with Crippen LogP contribution in [-0.4, -0.2) is 17.1 Å². The third kappa shape index (κ3) is 4.23. The summed E-state index contributed by atoms with van der Waals surface area (Å²) in [4.78, 5) is 8.88. The van der Waals surface area contributed by atoms with E-state index in [-0.39, 0.29) is 5.82 Å². The normalized spacial score (nSPS) is 10.4. The molecule has 0 spiro atoms. The van der Waals surface area contributed by atoms with Crippen LogP contribution in [0, 0.1) is 19.7 Å². The van der Waals surface area contributed by atoms with Gasteiger partial charge in [0.25, 0.3) is 0 Å². The Morgan fingerprint density at radius 2 is 1.68 bits per heavy atom. The summed E-state index contributed by atoms with van der Waals surface area (Å²) in [5.41, 5.74) is 3.44. The zero-order valence-electron chi connectivity index (χ0n) is 14.3. The van der Waals surface area contributed by atoms with Gasteiger partial charge in [-0.1, -0.05) is 6.07 Å². The lowest BCUT2D eigenvalue weighted by Crippen LogP contribution is -2.03. The molecule has 0 fully saturated rings. The van der Waals surface area contributed by atoms with Gasteiger partial charge in [-0.25, -0.2) is 9.37 Å². The maximum Gasteiger partial charge on any atom is 0.229 e. The van der Waals surface area contributed by atoms with Crippen molar-refractivity contribution in [3.05, 3.63) is 65.6 Å². The zero-order chi connectivity index (χ0) is 17.8. The molecule has 5 nitrogen and oxygen atoms in total. The lowest BCUT2D eigenvalue weighted by atomic mass is 10.2. The topological polar surface area (TPSA) is 59.1 Å². The Morgan fingerprint density at radius 1 is 0.920 bits per heavy atom. The lowest BCUT2D eigenvalue weighted by Gasteiger charge is -2.13. The lowest BCUT2D eigenvalue weighted by molar-refractivity contribution is 0.416. The van der Waals surface area contributed by atoms with Crippen LogP contribution >= 0.6 is 0 Å². The Balaban J connectivity index is 1.87. The van der Waals surface area contributed by atoms with Crippen molar-refractivity contribution in [3.8, 4) is 5.75 Å². The number of benzene rings is 2. The molecule has 3 aromatic rings. The van der Waals surface area contributed by atoms with Gasteiger partial charge in [0.1, 0.15) is 17.4 Å². The molecular formula is C19H19FN4O. The minimum atomic E-state index is -0.279. The predicted octanol–water partition coefficient (Wildman–Crippen LogP) is 4.73. The molecule has 0 atom stereocenters. The number of hydrogen-bond donors (Lipinski definition) is 2. The molecule has 0 aliphatic carbocycles. The fourth-order valence-corrected chi connectivity index (χ4v) is 2.41. The van der Waals surface area contributed by atoms with Gasteiger partial charge in [-0.05, 0) is 55.8 Å². The number of nitrogens with zero attached hydrogens (tertiary/aromatic N) is 2. The van der Waals surface area contributed by atoms with Crippen molar-refractivity contribution < 1.29 is 9.13 Å². The second kappa shape index (κ2) is 7.17. The first kappa shape index (κ1) is 16.7. The van der Waals surface area contributed by atoms with E-state index in [0.717, 1.165) is 22.6 Å². The van der Waals surface area contributed by atoms with Crippen LogP contribution < -0.4 is 15.4 Å². The third-order valence-corrected chi connectivity index (χ3v) is 3.57. The van der Waals surface area contributed by atoms with Gasteiger partial charge in [-0.15, -0.1) is 0 Å². The molecule has 1 aromatic heterocycles. The van der Waals surface area contributed by atoms with E-state index >= 15 is 0 Å². The molecule has 25 heavy (non-hydrogen) atoms. The van der Waals surface area contributed by atoms with E-state index in [2.05, 4.69) is 20.6 Å². The number of nitrogens with one attached hydrogen (secondary N) is 2. The Labute approximate surface area is 145 Å². The van der Waals surface area contributed by atoms with E-state index in [1.807, 2.05) is 38.1 Å². The summed E-state index contributed by atoms with van der Waals surface area (Å²) in [5.74, 6) is 1.50. The number of anilines is 4. The summed E-state index contributed by atoms with van der Waals surface area (Å²) in [6.45, 7) is 3.89. The van der Waals surface area contributed by atoms with Crippen molar-refractivity contribution >= 4 is 23.1 Å². The highest BCUT2D eigenvalue weighted by atomic mass is 19.1. The molecular weight excluding hydrogens is 319 g/mol. The van der Waals surface area contributed by atoms with Crippen LogP contribution in [0.25, 0.3) is 0 Å². The van der Waals surface area contributed by atoms with Gasteiger partial charge in [0.15, 0.2) is 0 Å². The van der Waals surface area contributed by atoms with Gasteiger partial charge in [-0.3, -0.25) is 0 Å². The fourth-order valence-electron chi connectivity index (χ4n) is 2.41. The molecule has 2 N–H and O–H groups in total.